The van der Waals surface area contributed by atoms with Gasteiger partial charge in [0.2, 0.25) is 17.7 Å². The van der Waals surface area contributed by atoms with Crippen molar-refractivity contribution >= 4 is 17.7 Å². The molecule has 2 saturated heterocycles. The summed E-state index contributed by atoms with van der Waals surface area (Å²) in [7, 11) is 0. The fourth-order valence-electron chi connectivity index (χ4n) is 2.30. The van der Waals surface area contributed by atoms with Gasteiger partial charge >= 0.3 is 0 Å². The lowest BCUT2D eigenvalue weighted by molar-refractivity contribution is -0.139. The minimum Gasteiger partial charge on any atom is -0.375 e. The van der Waals surface area contributed by atoms with E-state index in [1.807, 2.05) is 6.92 Å². The van der Waals surface area contributed by atoms with Crippen molar-refractivity contribution in [3.05, 3.63) is 0 Å². The third kappa shape index (κ3) is 3.30. The summed E-state index contributed by atoms with van der Waals surface area (Å²) in [6, 6.07) is -0.376. The molecule has 106 valence electrons. The second kappa shape index (κ2) is 6.12. The second-order valence-electron chi connectivity index (χ2n) is 4.74. The number of amides is 3. The van der Waals surface area contributed by atoms with Crippen LogP contribution in [0.1, 0.15) is 19.8 Å². The van der Waals surface area contributed by atoms with Gasteiger partial charge in [0.1, 0.15) is 6.04 Å². The van der Waals surface area contributed by atoms with E-state index in [1.165, 1.54) is 4.90 Å². The Morgan fingerprint density at radius 1 is 1.42 bits per heavy atom. The van der Waals surface area contributed by atoms with E-state index in [2.05, 4.69) is 10.6 Å². The van der Waals surface area contributed by atoms with Gasteiger partial charge in [-0.1, -0.05) is 0 Å². The number of nitrogens with zero attached hydrogens (tertiary/aromatic N) is 1. The van der Waals surface area contributed by atoms with Crippen LogP contribution < -0.4 is 10.6 Å². The van der Waals surface area contributed by atoms with Crippen LogP contribution in [0.5, 0.6) is 0 Å². The molecular formula is C12H19N3O4. The van der Waals surface area contributed by atoms with E-state index in [0.29, 0.717) is 13.2 Å². The third-order valence-corrected chi connectivity index (χ3v) is 3.39. The molecule has 0 aromatic carbocycles. The molecule has 0 aliphatic carbocycles. The van der Waals surface area contributed by atoms with Crippen LogP contribution in [-0.4, -0.2) is 61.0 Å². The van der Waals surface area contributed by atoms with Crippen LogP contribution in [0.3, 0.4) is 0 Å². The number of hydrogen-bond donors (Lipinski definition) is 2. The lowest BCUT2D eigenvalue weighted by atomic mass is 10.1. The number of morpholine rings is 1. The van der Waals surface area contributed by atoms with Crippen LogP contribution >= 0.6 is 0 Å². The number of rotatable bonds is 4. The molecule has 2 aliphatic rings. The van der Waals surface area contributed by atoms with Crippen molar-refractivity contribution in [3.8, 4) is 0 Å². The molecule has 2 atom stereocenters. The van der Waals surface area contributed by atoms with E-state index < -0.39 is 0 Å². The maximum Gasteiger partial charge on any atom is 0.239 e. The number of carbonyl (C=O) groups is 3. The summed E-state index contributed by atoms with van der Waals surface area (Å²) in [5.41, 5.74) is 0. The largest absolute Gasteiger partial charge is 0.375 e. The van der Waals surface area contributed by atoms with E-state index in [1.54, 1.807) is 0 Å². The Bertz CT molecular complexity index is 369. The number of likely N-dealkylation sites (tertiary alicyclic amines) is 1. The van der Waals surface area contributed by atoms with Crippen LogP contribution in [0, 0.1) is 0 Å². The van der Waals surface area contributed by atoms with E-state index in [-0.39, 0.29) is 55.8 Å². The Hall–Kier alpha value is -1.47. The molecule has 0 bridgehead atoms. The number of carbonyl (C=O) groups excluding carboxylic acids is 3. The fourth-order valence-corrected chi connectivity index (χ4v) is 2.30. The highest BCUT2D eigenvalue weighted by Crippen LogP contribution is 2.10. The topological polar surface area (TPSA) is 87.7 Å². The maximum absolute atomic E-state index is 11.9. The van der Waals surface area contributed by atoms with Crippen molar-refractivity contribution < 1.29 is 19.1 Å². The van der Waals surface area contributed by atoms with Crippen molar-refractivity contribution in [2.75, 3.05) is 26.2 Å². The van der Waals surface area contributed by atoms with Crippen molar-refractivity contribution in [1.29, 1.82) is 0 Å². The molecule has 0 aromatic rings. The highest BCUT2D eigenvalue weighted by molar-refractivity contribution is 6.01. The summed E-state index contributed by atoms with van der Waals surface area (Å²) < 4.78 is 5.38. The first-order valence-electron chi connectivity index (χ1n) is 6.55. The highest BCUT2D eigenvalue weighted by atomic mass is 16.5. The first-order chi connectivity index (χ1) is 9.09. The fraction of sp³-hybridized carbons (Fsp3) is 0.750. The zero-order chi connectivity index (χ0) is 13.8. The van der Waals surface area contributed by atoms with Crippen molar-refractivity contribution in [1.82, 2.24) is 15.5 Å². The molecule has 0 unspecified atom stereocenters. The van der Waals surface area contributed by atoms with Gasteiger partial charge < -0.3 is 15.4 Å². The van der Waals surface area contributed by atoms with Crippen LogP contribution in [0.4, 0.5) is 0 Å². The number of hydrogen-bond acceptors (Lipinski definition) is 5. The van der Waals surface area contributed by atoms with Gasteiger partial charge in [-0.25, -0.2) is 0 Å². The lowest BCUT2D eigenvalue weighted by Gasteiger charge is -2.29. The summed E-state index contributed by atoms with van der Waals surface area (Å²) in [5, 5.41) is 5.80. The van der Waals surface area contributed by atoms with Gasteiger partial charge in [0.25, 0.3) is 0 Å². The zero-order valence-electron chi connectivity index (χ0n) is 11.0. The molecule has 19 heavy (non-hydrogen) atoms. The van der Waals surface area contributed by atoms with E-state index in [4.69, 9.17) is 4.74 Å². The van der Waals surface area contributed by atoms with Gasteiger partial charge in [-0.05, 0) is 6.92 Å². The molecule has 2 fully saturated rings. The monoisotopic (exact) mass is 269 g/mol. The van der Waals surface area contributed by atoms with Crippen LogP contribution in [0.2, 0.25) is 0 Å². The predicted molar refractivity (Wildman–Crippen MR) is 66.2 cm³/mol. The molecule has 2 heterocycles. The Morgan fingerprint density at radius 2 is 2.11 bits per heavy atom. The Kier molecular flexibility index (Phi) is 4.49. The minimum absolute atomic E-state index is 0.160. The highest BCUT2D eigenvalue weighted by Gasteiger charge is 2.30. The Labute approximate surface area is 111 Å². The maximum atomic E-state index is 11.9. The molecule has 2 rings (SSSR count). The average molecular weight is 269 g/mol. The second-order valence-corrected chi connectivity index (χ2v) is 4.74. The van der Waals surface area contributed by atoms with Gasteiger partial charge in [0.05, 0.1) is 12.7 Å². The summed E-state index contributed by atoms with van der Waals surface area (Å²) in [4.78, 5) is 35.9. The first kappa shape index (κ1) is 14.0. The van der Waals surface area contributed by atoms with Crippen LogP contribution in [0.15, 0.2) is 0 Å². The van der Waals surface area contributed by atoms with E-state index >= 15 is 0 Å². The Balaban J connectivity index is 1.74. The smallest absolute Gasteiger partial charge is 0.239 e. The van der Waals surface area contributed by atoms with Crippen LogP contribution in [0.25, 0.3) is 0 Å². The summed E-state index contributed by atoms with van der Waals surface area (Å²) in [6.07, 6.45) is 0.382. The van der Waals surface area contributed by atoms with E-state index in [9.17, 15) is 14.4 Å². The molecule has 0 aromatic heterocycles. The summed E-state index contributed by atoms with van der Waals surface area (Å²) in [6.45, 7) is 3.60. The molecule has 0 radical (unpaired) electrons. The molecule has 2 aliphatic heterocycles. The Morgan fingerprint density at radius 3 is 2.74 bits per heavy atom. The molecule has 0 saturated carbocycles. The molecule has 7 heteroatoms. The quantitative estimate of drug-likeness (QED) is 0.615. The zero-order valence-corrected chi connectivity index (χ0v) is 11.0. The average Bonchev–Trinajstić information content (AvgIpc) is 2.70. The number of ether oxygens (including phenoxy) is 1. The van der Waals surface area contributed by atoms with Gasteiger partial charge in [0, 0.05) is 32.5 Å². The molecule has 3 amide bonds. The van der Waals surface area contributed by atoms with Crippen molar-refractivity contribution in [3.63, 3.8) is 0 Å². The van der Waals surface area contributed by atoms with Gasteiger partial charge in [-0.3, -0.25) is 19.3 Å². The molecular weight excluding hydrogens is 250 g/mol. The minimum atomic E-state index is -0.376. The van der Waals surface area contributed by atoms with Gasteiger partial charge in [-0.2, -0.15) is 0 Å². The first-order valence-corrected chi connectivity index (χ1v) is 6.55. The normalized spacial score (nSPS) is 27.7. The summed E-state index contributed by atoms with van der Waals surface area (Å²) in [5.74, 6) is -0.482. The van der Waals surface area contributed by atoms with E-state index in [0.717, 1.165) is 0 Å². The van der Waals surface area contributed by atoms with Crippen molar-refractivity contribution in [2.45, 2.75) is 31.9 Å². The van der Waals surface area contributed by atoms with Crippen LogP contribution in [-0.2, 0) is 19.1 Å². The molecule has 2 N–H and O–H groups in total. The van der Waals surface area contributed by atoms with Crippen molar-refractivity contribution in [2.24, 2.45) is 0 Å². The predicted octanol–water partition coefficient (Wildman–Crippen LogP) is -1.37. The van der Waals surface area contributed by atoms with Gasteiger partial charge in [-0.15, -0.1) is 0 Å². The lowest BCUT2D eigenvalue weighted by Crippen LogP contribution is -2.56. The third-order valence-electron chi connectivity index (χ3n) is 3.39. The molecule has 7 nitrogen and oxygen atoms in total. The molecule has 0 spiro atoms. The standard InChI is InChI=1S/C12H19N3O4/c1-8-11(13-5-7-19-8)12(18)14-4-6-15-9(16)2-3-10(15)17/h8,11,13H,2-7H2,1H3,(H,14,18)/t8-,11+/m1/s1. The SMILES string of the molecule is C[C@H]1OCCN[C@@H]1C(=O)NCCN1C(=O)CCC1=O. The number of nitrogens with one attached hydrogen (secondary N) is 2. The number of imide groups is 1. The summed E-state index contributed by atoms with van der Waals surface area (Å²) >= 11 is 0. The van der Waals surface area contributed by atoms with Gasteiger partial charge in [0.15, 0.2) is 0 Å².